The maximum Gasteiger partial charge on any atom is 0.168 e. The smallest absolute Gasteiger partial charge is 0.168 e. The van der Waals surface area contributed by atoms with Crippen molar-refractivity contribution in [2.24, 2.45) is 0 Å². The molecule has 6 heteroatoms. The molecule has 0 spiro atoms. The summed E-state index contributed by atoms with van der Waals surface area (Å²) in [5.74, 6) is 0.0588. The normalized spacial score (nSPS) is 10.7. The van der Waals surface area contributed by atoms with E-state index >= 15 is 0 Å². The van der Waals surface area contributed by atoms with Crippen LogP contribution in [0.15, 0.2) is 48.9 Å². The number of aromatic nitrogens is 2. The summed E-state index contributed by atoms with van der Waals surface area (Å²) in [5, 5.41) is 0.662. The summed E-state index contributed by atoms with van der Waals surface area (Å²) in [6.07, 6.45) is 5.22. The molecule has 0 saturated heterocycles. The highest BCUT2D eigenvalue weighted by Gasteiger charge is 2.12. The highest BCUT2D eigenvalue weighted by atomic mass is 35.5. The molecule has 0 amide bonds. The van der Waals surface area contributed by atoms with Crippen molar-refractivity contribution in [3.8, 4) is 5.75 Å². The third-order valence-electron chi connectivity index (χ3n) is 3.93. The summed E-state index contributed by atoms with van der Waals surface area (Å²) >= 11 is 5.98. The maximum atomic E-state index is 14.1. The van der Waals surface area contributed by atoms with Crippen LogP contribution in [-0.2, 0) is 13.0 Å². The molecule has 1 aromatic carbocycles. The third-order valence-corrected chi connectivity index (χ3v) is 4.17. The van der Waals surface area contributed by atoms with E-state index in [4.69, 9.17) is 22.1 Å². The highest BCUT2D eigenvalue weighted by molar-refractivity contribution is 6.30. The molecule has 128 valence electrons. The molecule has 3 aromatic rings. The van der Waals surface area contributed by atoms with E-state index in [2.05, 4.69) is 9.97 Å². The second-order valence-electron chi connectivity index (χ2n) is 5.69. The minimum absolute atomic E-state index is 0.100. The predicted molar refractivity (Wildman–Crippen MR) is 96.2 cm³/mol. The van der Waals surface area contributed by atoms with Gasteiger partial charge in [-0.3, -0.25) is 4.98 Å². The number of hydrogen-bond acceptors (Lipinski definition) is 4. The first kappa shape index (κ1) is 17.2. The third kappa shape index (κ3) is 4.06. The fraction of sp³-hybridized carbons (Fsp3) is 0.158. The van der Waals surface area contributed by atoms with Gasteiger partial charge in [-0.2, -0.15) is 0 Å². The lowest BCUT2D eigenvalue weighted by Gasteiger charge is -2.13. The molecule has 2 heterocycles. The zero-order chi connectivity index (χ0) is 17.8. The minimum atomic E-state index is -0.493. The summed E-state index contributed by atoms with van der Waals surface area (Å²) in [5.41, 5.74) is 8.75. The SMILES string of the molecule is Cc1c(Cc2ccnc(N)c2F)cncc1OCc1cccc(Cl)c1. The van der Waals surface area contributed by atoms with Crippen LogP contribution in [0, 0.1) is 12.7 Å². The van der Waals surface area contributed by atoms with Gasteiger partial charge < -0.3 is 10.5 Å². The molecule has 2 N–H and O–H groups in total. The largest absolute Gasteiger partial charge is 0.487 e. The van der Waals surface area contributed by atoms with E-state index in [-0.39, 0.29) is 5.82 Å². The standard InChI is InChI=1S/C19H17ClFN3O/c1-12-15(8-14-5-6-24-19(22)18(14)21)9-23-10-17(12)25-11-13-3-2-4-16(20)7-13/h2-7,9-10H,8,11H2,1H3,(H2,22,24). The van der Waals surface area contributed by atoms with Crippen LogP contribution >= 0.6 is 11.6 Å². The summed E-state index contributed by atoms with van der Waals surface area (Å²) in [6.45, 7) is 2.30. The Hall–Kier alpha value is -2.66. The molecule has 0 aliphatic heterocycles. The Kier molecular flexibility index (Phi) is 5.14. The molecule has 0 radical (unpaired) electrons. The van der Waals surface area contributed by atoms with Crippen molar-refractivity contribution in [3.05, 3.63) is 82.0 Å². The number of ether oxygens (including phenoxy) is 1. The van der Waals surface area contributed by atoms with Crippen LogP contribution < -0.4 is 10.5 Å². The quantitative estimate of drug-likeness (QED) is 0.738. The van der Waals surface area contributed by atoms with E-state index in [0.717, 1.165) is 16.7 Å². The summed E-state index contributed by atoms with van der Waals surface area (Å²) in [6, 6.07) is 9.09. The van der Waals surface area contributed by atoms with Gasteiger partial charge in [-0.1, -0.05) is 23.7 Å². The number of nitrogens with zero attached hydrogens (tertiary/aromatic N) is 2. The lowest BCUT2D eigenvalue weighted by Crippen LogP contribution is -2.03. The highest BCUT2D eigenvalue weighted by Crippen LogP contribution is 2.25. The van der Waals surface area contributed by atoms with E-state index in [9.17, 15) is 4.39 Å². The number of nitrogen functional groups attached to an aromatic ring is 1. The Balaban J connectivity index is 1.79. The van der Waals surface area contributed by atoms with Crippen molar-refractivity contribution in [1.29, 1.82) is 0 Å². The number of anilines is 1. The fourth-order valence-corrected chi connectivity index (χ4v) is 2.71. The van der Waals surface area contributed by atoms with Crippen LogP contribution in [0.4, 0.5) is 10.2 Å². The number of halogens is 2. The van der Waals surface area contributed by atoms with Gasteiger partial charge in [0.2, 0.25) is 0 Å². The molecular formula is C19H17ClFN3O. The van der Waals surface area contributed by atoms with E-state index in [1.807, 2.05) is 31.2 Å². The minimum Gasteiger partial charge on any atom is -0.487 e. The van der Waals surface area contributed by atoms with Crippen molar-refractivity contribution in [2.75, 3.05) is 5.73 Å². The number of hydrogen-bond donors (Lipinski definition) is 1. The van der Waals surface area contributed by atoms with Gasteiger partial charge in [0, 0.05) is 23.8 Å². The van der Waals surface area contributed by atoms with Crippen molar-refractivity contribution < 1.29 is 9.13 Å². The topological polar surface area (TPSA) is 61.0 Å². The van der Waals surface area contributed by atoms with Crippen LogP contribution in [0.5, 0.6) is 5.75 Å². The van der Waals surface area contributed by atoms with Crippen molar-refractivity contribution in [3.63, 3.8) is 0 Å². The number of nitrogens with two attached hydrogens (primary N) is 1. The van der Waals surface area contributed by atoms with E-state index in [0.29, 0.717) is 29.4 Å². The second-order valence-corrected chi connectivity index (χ2v) is 6.12. The van der Waals surface area contributed by atoms with Gasteiger partial charge in [0.25, 0.3) is 0 Å². The molecule has 0 aliphatic rings. The van der Waals surface area contributed by atoms with Crippen molar-refractivity contribution in [2.45, 2.75) is 20.0 Å². The van der Waals surface area contributed by atoms with Gasteiger partial charge >= 0.3 is 0 Å². The Bertz CT molecular complexity index is 902. The first-order chi connectivity index (χ1) is 12.0. The Morgan fingerprint density at radius 2 is 2.04 bits per heavy atom. The van der Waals surface area contributed by atoms with E-state index in [1.54, 1.807) is 18.5 Å². The number of benzene rings is 1. The molecule has 2 aromatic heterocycles. The fourth-order valence-electron chi connectivity index (χ4n) is 2.50. The molecule has 0 aliphatic carbocycles. The number of pyridine rings is 2. The first-order valence-electron chi connectivity index (χ1n) is 7.74. The molecule has 4 nitrogen and oxygen atoms in total. The monoisotopic (exact) mass is 357 g/mol. The van der Waals surface area contributed by atoms with E-state index in [1.165, 1.54) is 6.20 Å². The van der Waals surface area contributed by atoms with Crippen LogP contribution in [0.2, 0.25) is 5.02 Å². The molecule has 0 atom stereocenters. The van der Waals surface area contributed by atoms with Gasteiger partial charge in [0.05, 0.1) is 6.20 Å². The van der Waals surface area contributed by atoms with Crippen molar-refractivity contribution >= 4 is 17.4 Å². The molecule has 0 unspecified atom stereocenters. The van der Waals surface area contributed by atoms with Crippen LogP contribution in [0.1, 0.15) is 22.3 Å². The lowest BCUT2D eigenvalue weighted by molar-refractivity contribution is 0.302. The van der Waals surface area contributed by atoms with E-state index < -0.39 is 5.82 Å². The summed E-state index contributed by atoms with van der Waals surface area (Å²) in [7, 11) is 0. The van der Waals surface area contributed by atoms with Gasteiger partial charge in [0.15, 0.2) is 11.6 Å². The molecular weight excluding hydrogens is 341 g/mol. The predicted octanol–water partition coefficient (Wildman–Crippen LogP) is 4.33. The maximum absolute atomic E-state index is 14.1. The average molecular weight is 358 g/mol. The number of rotatable bonds is 5. The average Bonchev–Trinajstić information content (AvgIpc) is 2.60. The lowest BCUT2D eigenvalue weighted by atomic mass is 10.0. The van der Waals surface area contributed by atoms with Crippen LogP contribution in [0.25, 0.3) is 0 Å². The van der Waals surface area contributed by atoms with Gasteiger partial charge in [0.1, 0.15) is 12.4 Å². The summed E-state index contributed by atoms with van der Waals surface area (Å²) in [4.78, 5) is 7.95. The Labute approximate surface area is 150 Å². The Morgan fingerprint density at radius 3 is 2.84 bits per heavy atom. The van der Waals surface area contributed by atoms with Crippen molar-refractivity contribution in [1.82, 2.24) is 9.97 Å². The van der Waals surface area contributed by atoms with Gasteiger partial charge in [-0.15, -0.1) is 0 Å². The molecule has 25 heavy (non-hydrogen) atoms. The zero-order valence-corrected chi connectivity index (χ0v) is 14.4. The second kappa shape index (κ2) is 7.49. The molecule has 0 bridgehead atoms. The molecule has 0 fully saturated rings. The van der Waals surface area contributed by atoms with Crippen LogP contribution in [-0.4, -0.2) is 9.97 Å². The van der Waals surface area contributed by atoms with Gasteiger partial charge in [-0.05, 0) is 47.4 Å². The first-order valence-corrected chi connectivity index (χ1v) is 8.12. The molecule has 0 saturated carbocycles. The zero-order valence-electron chi connectivity index (χ0n) is 13.7. The molecule has 3 rings (SSSR count). The van der Waals surface area contributed by atoms with Gasteiger partial charge in [-0.25, -0.2) is 9.37 Å². The Morgan fingerprint density at radius 1 is 1.20 bits per heavy atom. The van der Waals surface area contributed by atoms with Crippen LogP contribution in [0.3, 0.4) is 0 Å². The summed E-state index contributed by atoms with van der Waals surface area (Å²) < 4.78 is 19.9.